The minimum absolute atomic E-state index is 0.0237. The summed E-state index contributed by atoms with van der Waals surface area (Å²) in [7, 11) is 1.47. The van der Waals surface area contributed by atoms with Crippen LogP contribution >= 0.6 is 0 Å². The van der Waals surface area contributed by atoms with E-state index in [2.05, 4.69) is 15.3 Å². The number of hydrogen-bond donors (Lipinski definition) is 4. The highest BCUT2D eigenvalue weighted by Gasteiger charge is 2.36. The van der Waals surface area contributed by atoms with Crippen molar-refractivity contribution < 1.29 is 29.6 Å². The Labute approximate surface area is 256 Å². The first kappa shape index (κ1) is 30.7. The number of ketones is 2. The van der Waals surface area contributed by atoms with Crippen LogP contribution in [-0.4, -0.2) is 51.6 Å². The smallest absolute Gasteiger partial charge is 0.160 e. The number of ether oxygens (including phenoxy) is 1. The van der Waals surface area contributed by atoms with Crippen molar-refractivity contribution in [1.82, 2.24) is 9.97 Å². The van der Waals surface area contributed by atoms with Crippen LogP contribution in [0.2, 0.25) is 0 Å². The highest BCUT2D eigenvalue weighted by molar-refractivity contribution is 6.02. The van der Waals surface area contributed by atoms with Crippen molar-refractivity contribution in [3.8, 4) is 17.2 Å². The maximum atomic E-state index is 14.0. The molecule has 0 amide bonds. The molecule has 0 radical (unpaired) electrons. The minimum Gasteiger partial charge on any atom is -0.664 e. The topological polar surface area (TPSA) is 148 Å². The van der Waals surface area contributed by atoms with E-state index in [1.54, 1.807) is 42.7 Å². The summed E-state index contributed by atoms with van der Waals surface area (Å²) in [6.45, 7) is 0.251. The largest absolute Gasteiger partial charge is 0.664 e. The van der Waals surface area contributed by atoms with Crippen molar-refractivity contribution >= 4 is 23.5 Å². The summed E-state index contributed by atoms with van der Waals surface area (Å²) in [5.41, 5.74) is 4.13. The highest BCUT2D eigenvalue weighted by Crippen LogP contribution is 2.43. The Morgan fingerprint density at radius 1 is 1.05 bits per heavy atom. The Balaban J connectivity index is 1.32. The molecule has 0 fully saturated rings. The number of Topliss-reactive ketones (excluding diaryl/α,β-unsaturated/α-hetero) is 2. The summed E-state index contributed by atoms with van der Waals surface area (Å²) in [5.74, 6) is -0.181. The van der Waals surface area contributed by atoms with E-state index in [1.165, 1.54) is 13.2 Å². The number of phenols is 2. The molecule has 230 valence electrons. The number of rotatable bonds is 15. The average Bonchev–Trinajstić information content (AvgIpc) is 3.71. The molecule has 9 nitrogen and oxygen atoms in total. The van der Waals surface area contributed by atoms with Crippen molar-refractivity contribution in [2.45, 2.75) is 50.5 Å². The summed E-state index contributed by atoms with van der Waals surface area (Å²) in [6, 6.07) is 17.5. The first-order chi connectivity index (χ1) is 21.3. The second kappa shape index (κ2) is 14.1. The maximum absolute atomic E-state index is 14.0. The van der Waals surface area contributed by atoms with Crippen molar-refractivity contribution in [2.24, 2.45) is 5.92 Å². The number of fused-ring (bicyclic) bond motifs is 1. The molecular formula is C35H37N3O6-2. The Morgan fingerprint density at radius 3 is 2.66 bits per heavy atom. The minimum atomic E-state index is -0.722. The number of aliphatic hydroxyl groups excluding tert-OH is 1. The summed E-state index contributed by atoms with van der Waals surface area (Å²) in [5, 5.41) is 35.5. The Bertz CT molecular complexity index is 1610. The van der Waals surface area contributed by atoms with Gasteiger partial charge in [-0.15, -0.1) is 5.69 Å². The van der Waals surface area contributed by atoms with Gasteiger partial charge in [-0.2, -0.15) is 6.20 Å². The van der Waals surface area contributed by atoms with Gasteiger partial charge in [-0.1, -0.05) is 65.6 Å². The van der Waals surface area contributed by atoms with Gasteiger partial charge in [-0.05, 0) is 73.5 Å². The standard InChI is InChI=1S/C35H37N3O6/c1-44-33-17-23(9-12-31(33)42)8-11-27(41)20-32(43)35-24(21-38-34-6-3-14-37-34)18-30-28(13-15-36-30)29(35)19-26(40)10-7-22-4-2-5-25(39)16-22/h2-6,9,12-18,26,29,35,37,39-40,42H,7-8,10-11,19-21H2,1H3/q-2/t26-,29-,35-/m1/s1. The Hall–Kier alpha value is -4.76. The normalized spacial score (nSPS) is 16.5. The van der Waals surface area contributed by atoms with Crippen molar-refractivity contribution in [1.29, 1.82) is 0 Å². The number of aromatic hydroxyl groups is 2. The van der Waals surface area contributed by atoms with E-state index in [4.69, 9.17) is 4.74 Å². The van der Waals surface area contributed by atoms with Crippen LogP contribution in [0.3, 0.4) is 0 Å². The number of aromatic amines is 1. The van der Waals surface area contributed by atoms with Gasteiger partial charge in [0.05, 0.1) is 19.6 Å². The summed E-state index contributed by atoms with van der Waals surface area (Å²) in [6.07, 6.45) is 6.33. The van der Waals surface area contributed by atoms with Crippen LogP contribution in [0.5, 0.6) is 17.2 Å². The van der Waals surface area contributed by atoms with E-state index in [-0.39, 0.29) is 48.4 Å². The van der Waals surface area contributed by atoms with Gasteiger partial charge < -0.3 is 35.3 Å². The number of H-pyrrole nitrogens is 1. The lowest BCUT2D eigenvalue weighted by atomic mass is 9.71. The molecule has 3 atom stereocenters. The predicted molar refractivity (Wildman–Crippen MR) is 167 cm³/mol. The summed E-state index contributed by atoms with van der Waals surface area (Å²) in [4.78, 5) is 34.7. The van der Waals surface area contributed by atoms with Crippen LogP contribution < -0.4 is 9.72 Å². The van der Waals surface area contributed by atoms with Crippen molar-refractivity contribution in [3.63, 3.8) is 0 Å². The van der Waals surface area contributed by atoms with Gasteiger partial charge in [0, 0.05) is 12.3 Å². The lowest BCUT2D eigenvalue weighted by Crippen LogP contribution is -2.32. The number of nitrogens with one attached hydrogen (secondary N) is 1. The molecule has 0 unspecified atom stereocenters. The third-order valence-electron chi connectivity index (χ3n) is 8.16. The Kier molecular flexibility index (Phi) is 9.86. The fourth-order valence-corrected chi connectivity index (χ4v) is 5.94. The molecule has 1 aliphatic carbocycles. The molecule has 2 aromatic heterocycles. The van der Waals surface area contributed by atoms with Gasteiger partial charge in [0.2, 0.25) is 0 Å². The third-order valence-corrected chi connectivity index (χ3v) is 8.16. The first-order valence-electron chi connectivity index (χ1n) is 14.8. The van der Waals surface area contributed by atoms with Gasteiger partial charge in [-0.25, -0.2) is 0 Å². The fraction of sp³-hybridized carbons (Fsp3) is 0.314. The molecule has 2 aromatic carbocycles. The second-order valence-electron chi connectivity index (χ2n) is 11.2. The molecule has 0 saturated heterocycles. The molecule has 1 aliphatic rings. The molecule has 44 heavy (non-hydrogen) atoms. The summed E-state index contributed by atoms with van der Waals surface area (Å²) < 4.78 is 5.17. The van der Waals surface area contributed by atoms with Gasteiger partial charge in [0.1, 0.15) is 17.3 Å². The van der Waals surface area contributed by atoms with Gasteiger partial charge in [-0.3, -0.25) is 9.59 Å². The first-order valence-corrected chi connectivity index (χ1v) is 14.8. The van der Waals surface area contributed by atoms with Crippen LogP contribution in [0.4, 0.5) is 5.82 Å². The monoisotopic (exact) mass is 595 g/mol. The van der Waals surface area contributed by atoms with Crippen molar-refractivity contribution in [3.05, 3.63) is 106 Å². The lowest BCUT2D eigenvalue weighted by molar-refractivity contribution is -0.129. The number of methoxy groups -OCH3 is 1. The third kappa shape index (κ3) is 7.60. The molecular weight excluding hydrogens is 558 g/mol. The summed E-state index contributed by atoms with van der Waals surface area (Å²) >= 11 is 0. The van der Waals surface area contributed by atoms with E-state index in [1.807, 2.05) is 30.3 Å². The zero-order chi connectivity index (χ0) is 31.1. The van der Waals surface area contributed by atoms with E-state index in [9.17, 15) is 24.9 Å². The van der Waals surface area contributed by atoms with Crippen LogP contribution in [0.1, 0.15) is 54.0 Å². The molecule has 5 rings (SSSR count). The SMILES string of the molecule is COc1cc(CCC(=O)CC(=O)[C@@H]2C(C[N-]c3ccc[nH]3)=Cc3[n-]ccc3[C@H]2C[C@H](O)CCc2cccc(O)c2)ccc1O. The maximum Gasteiger partial charge on any atom is 0.160 e. The van der Waals surface area contributed by atoms with Gasteiger partial charge in [0.25, 0.3) is 0 Å². The van der Waals surface area contributed by atoms with Gasteiger partial charge in [0.15, 0.2) is 11.5 Å². The molecule has 0 bridgehead atoms. The zero-order valence-electron chi connectivity index (χ0n) is 24.6. The van der Waals surface area contributed by atoms with Crippen LogP contribution in [-0.2, 0) is 22.4 Å². The average molecular weight is 596 g/mol. The fourth-order valence-electron chi connectivity index (χ4n) is 5.94. The van der Waals surface area contributed by atoms with Crippen LogP contribution in [0, 0.1) is 5.92 Å². The number of aryl methyl sites for hydroxylation is 2. The molecule has 0 spiro atoms. The number of carbonyl (C=O) groups is 2. The molecule has 0 aliphatic heterocycles. The van der Waals surface area contributed by atoms with E-state index in [0.717, 1.165) is 28.0 Å². The molecule has 0 saturated carbocycles. The van der Waals surface area contributed by atoms with Crippen LogP contribution in [0.25, 0.3) is 11.4 Å². The van der Waals surface area contributed by atoms with Crippen molar-refractivity contribution in [2.75, 3.05) is 13.7 Å². The molecule has 2 heterocycles. The molecule has 9 heteroatoms. The second-order valence-corrected chi connectivity index (χ2v) is 11.2. The number of carbonyl (C=O) groups excluding carboxylic acids is 2. The van der Waals surface area contributed by atoms with E-state index in [0.29, 0.717) is 37.3 Å². The number of nitrogens with zero attached hydrogens (tertiary/aromatic N) is 2. The number of aromatic nitrogens is 2. The quantitative estimate of drug-likeness (QED) is 0.128. The van der Waals surface area contributed by atoms with E-state index < -0.39 is 12.0 Å². The predicted octanol–water partition coefficient (Wildman–Crippen LogP) is 5.74. The highest BCUT2D eigenvalue weighted by atomic mass is 16.5. The zero-order valence-corrected chi connectivity index (χ0v) is 24.6. The van der Waals surface area contributed by atoms with Crippen LogP contribution in [0.15, 0.2) is 78.6 Å². The van der Waals surface area contributed by atoms with Gasteiger partial charge >= 0.3 is 0 Å². The Morgan fingerprint density at radius 2 is 1.89 bits per heavy atom. The lowest BCUT2D eigenvalue weighted by Gasteiger charge is -2.36. The number of phenolic OH excluding ortho intramolecular Hbond substituents is 2. The molecule has 4 N–H and O–H groups in total. The van der Waals surface area contributed by atoms with E-state index >= 15 is 0 Å². The number of aliphatic hydroxyl groups is 1. The number of benzene rings is 2. The molecule has 4 aromatic rings. The number of hydrogen-bond acceptors (Lipinski definition) is 6.